The van der Waals surface area contributed by atoms with Gasteiger partial charge in [0.15, 0.2) is 5.11 Å². The van der Waals surface area contributed by atoms with Crippen LogP contribution in [-0.4, -0.2) is 48.2 Å². The van der Waals surface area contributed by atoms with Crippen molar-refractivity contribution in [3.05, 3.63) is 107 Å². The van der Waals surface area contributed by atoms with Crippen molar-refractivity contribution >= 4 is 23.2 Å². The predicted octanol–water partition coefficient (Wildman–Crippen LogP) is 4.42. The van der Waals surface area contributed by atoms with E-state index in [0.717, 1.165) is 11.6 Å². The fourth-order valence-corrected chi connectivity index (χ4v) is 5.10. The lowest BCUT2D eigenvalue weighted by Gasteiger charge is -2.49. The number of carbonyl (C=O) groups excluding carboxylic acids is 1. The first-order chi connectivity index (χ1) is 18.8. The summed E-state index contributed by atoms with van der Waals surface area (Å²) in [5.41, 5.74) is -0.418. The highest BCUT2D eigenvalue weighted by atomic mass is 32.1. The van der Waals surface area contributed by atoms with Crippen molar-refractivity contribution in [2.75, 3.05) is 19.9 Å². The number of nitrogens with one attached hydrogen (secondary N) is 2. The molecule has 0 unspecified atom stereocenters. The van der Waals surface area contributed by atoms with E-state index in [0.29, 0.717) is 18.2 Å². The van der Waals surface area contributed by atoms with Gasteiger partial charge in [-0.25, -0.2) is 13.2 Å². The van der Waals surface area contributed by atoms with E-state index in [4.69, 9.17) is 21.7 Å². The number of amides is 1. The van der Waals surface area contributed by atoms with Crippen LogP contribution in [0.15, 0.2) is 78.9 Å². The van der Waals surface area contributed by atoms with Crippen LogP contribution in [0.25, 0.3) is 0 Å². The molecule has 0 aromatic heterocycles. The smallest absolute Gasteiger partial charge is 0.257 e. The summed E-state index contributed by atoms with van der Waals surface area (Å²) < 4.78 is 54.8. The number of hydrogen-bond donors (Lipinski definition) is 3. The second-order valence-electron chi connectivity index (χ2n) is 9.37. The fourth-order valence-electron chi connectivity index (χ4n) is 4.82. The van der Waals surface area contributed by atoms with Crippen LogP contribution in [-0.2, 0) is 21.6 Å². The summed E-state index contributed by atoms with van der Waals surface area (Å²) >= 11 is 5.39. The normalized spacial score (nSPS) is 21.6. The molecule has 3 N–H and O–H groups in total. The minimum absolute atomic E-state index is 0.0684. The summed E-state index contributed by atoms with van der Waals surface area (Å²) in [6, 6.07) is 20.7. The first-order valence-electron chi connectivity index (χ1n) is 12.4. The lowest BCUT2D eigenvalue weighted by atomic mass is 9.71. The molecule has 0 spiro atoms. The molecule has 3 aromatic rings. The molecule has 10 heteroatoms. The van der Waals surface area contributed by atoms with Crippen molar-refractivity contribution in [3.63, 3.8) is 0 Å². The van der Waals surface area contributed by atoms with E-state index in [1.54, 1.807) is 30.3 Å². The van der Waals surface area contributed by atoms with Gasteiger partial charge in [-0.15, -0.1) is 0 Å². The van der Waals surface area contributed by atoms with Crippen LogP contribution in [0.5, 0.6) is 0 Å². The number of hydrogen-bond acceptors (Lipinski definition) is 5. The largest absolute Gasteiger partial charge is 0.390 e. The number of alkyl halides is 1. The molecule has 0 bridgehead atoms. The maximum absolute atomic E-state index is 15.2. The Kier molecular flexibility index (Phi) is 9.68. The average Bonchev–Trinajstić information content (AvgIpc) is 2.94. The Morgan fingerprint density at radius 3 is 2.46 bits per heavy atom. The SMILES string of the molecule is O=C(NC(=S)N[C@@]1(c2ccc(F)cc2F)CO[C@@H](COCc2ccccc2)C[C@H]1[C@@H](O)CF)c1ccccc1. The van der Waals surface area contributed by atoms with Gasteiger partial charge in [0.05, 0.1) is 37.6 Å². The quantitative estimate of drug-likeness (QED) is 0.338. The Bertz CT molecular complexity index is 1270. The third kappa shape index (κ3) is 7.02. The molecule has 0 radical (unpaired) electrons. The molecule has 6 nitrogen and oxygen atoms in total. The van der Waals surface area contributed by atoms with E-state index in [9.17, 15) is 18.7 Å². The van der Waals surface area contributed by atoms with E-state index in [-0.39, 0.29) is 30.3 Å². The van der Waals surface area contributed by atoms with Crippen LogP contribution in [0.1, 0.15) is 27.9 Å². The van der Waals surface area contributed by atoms with Crippen LogP contribution in [0.2, 0.25) is 0 Å². The first-order valence-corrected chi connectivity index (χ1v) is 12.8. The summed E-state index contributed by atoms with van der Waals surface area (Å²) in [5, 5.41) is 16.1. The maximum atomic E-state index is 15.2. The number of aliphatic hydroxyl groups is 1. The second-order valence-corrected chi connectivity index (χ2v) is 9.78. The van der Waals surface area contributed by atoms with Gasteiger partial charge in [-0.2, -0.15) is 0 Å². The topological polar surface area (TPSA) is 79.8 Å². The van der Waals surface area contributed by atoms with Gasteiger partial charge in [0, 0.05) is 23.1 Å². The van der Waals surface area contributed by atoms with Gasteiger partial charge in [-0.1, -0.05) is 54.6 Å². The van der Waals surface area contributed by atoms with Crippen LogP contribution in [0.4, 0.5) is 13.2 Å². The zero-order chi connectivity index (χ0) is 27.8. The molecule has 1 heterocycles. The first kappa shape index (κ1) is 28.7. The van der Waals surface area contributed by atoms with Crippen molar-refractivity contribution in [2.24, 2.45) is 5.92 Å². The molecule has 1 aliphatic rings. The van der Waals surface area contributed by atoms with Crippen LogP contribution in [0, 0.1) is 17.6 Å². The summed E-state index contributed by atoms with van der Waals surface area (Å²) in [6.07, 6.45) is -2.03. The lowest BCUT2D eigenvalue weighted by molar-refractivity contribution is -0.129. The van der Waals surface area contributed by atoms with E-state index < -0.39 is 47.9 Å². The van der Waals surface area contributed by atoms with Gasteiger partial charge in [0.1, 0.15) is 18.3 Å². The van der Waals surface area contributed by atoms with E-state index in [1.807, 2.05) is 30.3 Å². The average molecular weight is 559 g/mol. The van der Waals surface area contributed by atoms with Crippen molar-refractivity contribution < 1.29 is 32.5 Å². The number of ether oxygens (including phenoxy) is 2. The fraction of sp³-hybridized carbons (Fsp3) is 0.310. The minimum atomic E-state index is -1.62. The standard InChI is InChI=1S/C29H29F3N2O4S/c30-15-26(35)24-14-22(17-37-16-19-7-3-1-4-8-19)38-18-29(24,23-12-11-21(31)13-25(23)32)34-28(39)33-27(36)20-9-5-2-6-10-20/h1-13,22,24,26,35H,14-18H2,(H2,33,34,36,39)/t22-,24+,26+,29-/m1/s1. The van der Waals surface area contributed by atoms with Gasteiger partial charge in [0.25, 0.3) is 5.91 Å². The Balaban J connectivity index is 1.58. The Hall–Kier alpha value is -3.31. The predicted molar refractivity (Wildman–Crippen MR) is 144 cm³/mol. The molecule has 0 saturated carbocycles. The maximum Gasteiger partial charge on any atom is 0.257 e. The van der Waals surface area contributed by atoms with Crippen molar-refractivity contribution in [3.8, 4) is 0 Å². The summed E-state index contributed by atoms with van der Waals surface area (Å²) in [4.78, 5) is 12.7. The Morgan fingerprint density at radius 2 is 1.79 bits per heavy atom. The molecule has 4 rings (SSSR count). The number of halogens is 3. The molecular weight excluding hydrogens is 529 g/mol. The molecule has 1 fully saturated rings. The van der Waals surface area contributed by atoms with Crippen LogP contribution in [0.3, 0.4) is 0 Å². The second kappa shape index (κ2) is 13.2. The molecule has 4 atom stereocenters. The van der Waals surface area contributed by atoms with E-state index >= 15 is 4.39 Å². The van der Waals surface area contributed by atoms with Gasteiger partial charge in [-0.05, 0) is 42.4 Å². The van der Waals surface area contributed by atoms with Crippen molar-refractivity contribution in [1.29, 1.82) is 0 Å². The molecule has 1 aliphatic heterocycles. The summed E-state index contributed by atoms with van der Waals surface area (Å²) in [7, 11) is 0. The monoisotopic (exact) mass is 558 g/mol. The van der Waals surface area contributed by atoms with Crippen molar-refractivity contribution in [2.45, 2.75) is 30.8 Å². The van der Waals surface area contributed by atoms with Gasteiger partial charge < -0.3 is 19.9 Å². The highest BCUT2D eigenvalue weighted by Crippen LogP contribution is 2.41. The third-order valence-corrected chi connectivity index (χ3v) is 6.95. The summed E-state index contributed by atoms with van der Waals surface area (Å²) in [5.74, 6) is -3.24. The molecule has 39 heavy (non-hydrogen) atoms. The zero-order valence-electron chi connectivity index (χ0n) is 21.0. The van der Waals surface area contributed by atoms with Gasteiger partial charge in [-0.3, -0.25) is 10.1 Å². The Morgan fingerprint density at radius 1 is 1.10 bits per heavy atom. The highest BCUT2D eigenvalue weighted by Gasteiger charge is 2.51. The zero-order valence-corrected chi connectivity index (χ0v) is 21.8. The number of benzene rings is 3. The van der Waals surface area contributed by atoms with Crippen LogP contribution < -0.4 is 10.6 Å². The van der Waals surface area contributed by atoms with E-state index in [2.05, 4.69) is 10.6 Å². The highest BCUT2D eigenvalue weighted by molar-refractivity contribution is 7.80. The molecule has 206 valence electrons. The van der Waals surface area contributed by atoms with Gasteiger partial charge in [0.2, 0.25) is 0 Å². The van der Waals surface area contributed by atoms with E-state index in [1.165, 1.54) is 6.07 Å². The molecule has 1 amide bonds. The third-order valence-electron chi connectivity index (χ3n) is 6.75. The summed E-state index contributed by atoms with van der Waals surface area (Å²) in [6.45, 7) is -0.931. The molecular formula is C29H29F3N2O4S. The lowest BCUT2D eigenvalue weighted by Crippen LogP contribution is -2.63. The minimum Gasteiger partial charge on any atom is -0.390 e. The molecule has 0 aliphatic carbocycles. The van der Waals surface area contributed by atoms with Crippen LogP contribution >= 0.6 is 12.2 Å². The number of rotatable bonds is 9. The molecule has 1 saturated heterocycles. The number of thiocarbonyl (C=S) groups is 1. The Labute approximate surface area is 230 Å². The number of carbonyl (C=O) groups is 1. The van der Waals surface area contributed by atoms with Crippen molar-refractivity contribution in [1.82, 2.24) is 10.6 Å². The van der Waals surface area contributed by atoms with Gasteiger partial charge >= 0.3 is 0 Å². The number of aliphatic hydroxyl groups excluding tert-OH is 1. The molecule has 3 aromatic carbocycles.